The molecule has 1 heterocycles. The molecule has 0 amide bonds. The lowest BCUT2D eigenvalue weighted by molar-refractivity contribution is 0.0697. The lowest BCUT2D eigenvalue weighted by atomic mass is 9.91. The summed E-state index contributed by atoms with van der Waals surface area (Å²) in [7, 11) is 1.56. The summed E-state index contributed by atoms with van der Waals surface area (Å²) >= 11 is 0. The van der Waals surface area contributed by atoms with Crippen molar-refractivity contribution in [2.75, 3.05) is 7.11 Å². The molecule has 0 saturated heterocycles. The maximum absolute atomic E-state index is 13.9. The molecule has 3 rings (SSSR count). The van der Waals surface area contributed by atoms with Gasteiger partial charge in [0.05, 0.1) is 13.3 Å². The highest BCUT2D eigenvalue weighted by atomic mass is 19.1. The van der Waals surface area contributed by atoms with Gasteiger partial charge >= 0.3 is 0 Å². The van der Waals surface area contributed by atoms with Gasteiger partial charge in [-0.3, -0.25) is 4.68 Å². The van der Waals surface area contributed by atoms with E-state index < -0.39 is 5.60 Å². The number of methoxy groups -OCH3 is 1. The predicted molar refractivity (Wildman–Crippen MR) is 76.8 cm³/mol. The zero-order chi connectivity index (χ0) is 15.0. The molecule has 5 heteroatoms. The quantitative estimate of drug-likeness (QED) is 0.941. The molecule has 1 aliphatic rings. The van der Waals surface area contributed by atoms with E-state index in [-0.39, 0.29) is 5.82 Å². The van der Waals surface area contributed by atoms with Gasteiger partial charge in [0.1, 0.15) is 17.1 Å². The summed E-state index contributed by atoms with van der Waals surface area (Å²) in [5.74, 6) is 0.284. The number of hydrogen-bond donors (Lipinski definition) is 1. The SMILES string of the molecule is CCCn1ncc(OC)c1C1(O)CCc2c(F)cccc21. The first-order chi connectivity index (χ1) is 10.1. The van der Waals surface area contributed by atoms with E-state index in [9.17, 15) is 9.50 Å². The number of benzene rings is 1. The number of hydrogen-bond acceptors (Lipinski definition) is 3. The summed E-state index contributed by atoms with van der Waals surface area (Å²) in [6, 6.07) is 4.86. The minimum Gasteiger partial charge on any atom is -0.493 e. The fourth-order valence-corrected chi connectivity index (χ4v) is 3.20. The van der Waals surface area contributed by atoms with Gasteiger partial charge in [0.2, 0.25) is 0 Å². The molecule has 112 valence electrons. The van der Waals surface area contributed by atoms with Crippen LogP contribution in [-0.4, -0.2) is 22.0 Å². The van der Waals surface area contributed by atoms with Crippen molar-refractivity contribution in [1.82, 2.24) is 9.78 Å². The van der Waals surface area contributed by atoms with Crippen molar-refractivity contribution in [1.29, 1.82) is 0 Å². The van der Waals surface area contributed by atoms with Gasteiger partial charge in [0, 0.05) is 6.54 Å². The fourth-order valence-electron chi connectivity index (χ4n) is 3.20. The van der Waals surface area contributed by atoms with E-state index in [1.54, 1.807) is 30.1 Å². The van der Waals surface area contributed by atoms with E-state index in [4.69, 9.17) is 4.74 Å². The maximum Gasteiger partial charge on any atom is 0.163 e. The third kappa shape index (κ3) is 2.03. The predicted octanol–water partition coefficient (Wildman–Crippen LogP) is 2.62. The van der Waals surface area contributed by atoms with Crippen molar-refractivity contribution in [2.45, 2.75) is 38.3 Å². The zero-order valence-corrected chi connectivity index (χ0v) is 12.3. The highest BCUT2D eigenvalue weighted by Crippen LogP contribution is 2.45. The second kappa shape index (κ2) is 5.15. The fraction of sp³-hybridized carbons (Fsp3) is 0.438. The summed E-state index contributed by atoms with van der Waals surface area (Å²) in [6.07, 6.45) is 3.46. The Morgan fingerprint density at radius 1 is 1.48 bits per heavy atom. The van der Waals surface area contributed by atoms with Crippen molar-refractivity contribution in [3.05, 3.63) is 47.0 Å². The van der Waals surface area contributed by atoms with Crippen LogP contribution in [0.5, 0.6) is 5.75 Å². The summed E-state index contributed by atoms with van der Waals surface area (Å²) in [5, 5.41) is 15.5. The van der Waals surface area contributed by atoms with Gasteiger partial charge in [-0.2, -0.15) is 5.10 Å². The van der Waals surface area contributed by atoms with Gasteiger partial charge in [-0.15, -0.1) is 0 Å². The Bertz CT molecular complexity index is 668. The first kappa shape index (κ1) is 14.1. The molecule has 0 aliphatic heterocycles. The highest BCUT2D eigenvalue weighted by Gasteiger charge is 2.44. The molecule has 0 radical (unpaired) electrons. The van der Waals surface area contributed by atoms with Crippen LogP contribution in [-0.2, 0) is 18.6 Å². The van der Waals surface area contributed by atoms with E-state index in [0.717, 1.165) is 6.42 Å². The van der Waals surface area contributed by atoms with Gasteiger partial charge in [-0.25, -0.2) is 4.39 Å². The number of aliphatic hydroxyl groups is 1. The van der Waals surface area contributed by atoms with Gasteiger partial charge in [-0.1, -0.05) is 19.1 Å². The second-order valence-corrected chi connectivity index (χ2v) is 5.41. The molecule has 0 saturated carbocycles. The smallest absolute Gasteiger partial charge is 0.163 e. The van der Waals surface area contributed by atoms with Crippen LogP contribution in [0, 0.1) is 5.82 Å². The molecule has 2 aromatic rings. The Kier molecular flexibility index (Phi) is 3.45. The number of rotatable bonds is 4. The van der Waals surface area contributed by atoms with Crippen LogP contribution in [0.25, 0.3) is 0 Å². The second-order valence-electron chi connectivity index (χ2n) is 5.41. The van der Waals surface area contributed by atoms with Gasteiger partial charge < -0.3 is 9.84 Å². The first-order valence-electron chi connectivity index (χ1n) is 7.22. The molecule has 0 fully saturated rings. The molecular formula is C16H19FN2O2. The molecule has 0 spiro atoms. The normalized spacial score (nSPS) is 20.6. The first-order valence-corrected chi connectivity index (χ1v) is 7.22. The summed E-state index contributed by atoms with van der Waals surface area (Å²) in [4.78, 5) is 0. The Morgan fingerprint density at radius 2 is 2.29 bits per heavy atom. The monoisotopic (exact) mass is 290 g/mol. The molecule has 1 atom stereocenters. The largest absolute Gasteiger partial charge is 0.493 e. The topological polar surface area (TPSA) is 47.3 Å². The van der Waals surface area contributed by atoms with Crippen molar-refractivity contribution in [3.63, 3.8) is 0 Å². The molecular weight excluding hydrogens is 271 g/mol. The van der Waals surface area contributed by atoms with Gasteiger partial charge in [0.15, 0.2) is 5.75 Å². The molecule has 1 aromatic heterocycles. The molecule has 1 N–H and O–H groups in total. The molecule has 0 bridgehead atoms. The highest BCUT2D eigenvalue weighted by molar-refractivity contribution is 5.47. The van der Waals surface area contributed by atoms with E-state index in [1.165, 1.54) is 6.07 Å². The number of aryl methyl sites for hydroxylation is 1. The van der Waals surface area contributed by atoms with E-state index in [1.807, 2.05) is 6.92 Å². The maximum atomic E-state index is 13.9. The van der Waals surface area contributed by atoms with Crippen LogP contribution in [0.15, 0.2) is 24.4 Å². The van der Waals surface area contributed by atoms with Gasteiger partial charge in [0.25, 0.3) is 0 Å². The number of nitrogens with zero attached hydrogens (tertiary/aromatic N) is 2. The molecule has 1 unspecified atom stereocenters. The Balaban J connectivity index is 2.18. The van der Waals surface area contributed by atoms with Crippen molar-refractivity contribution >= 4 is 0 Å². The molecule has 1 aliphatic carbocycles. The van der Waals surface area contributed by atoms with Crippen LogP contribution in [0.1, 0.15) is 36.6 Å². The number of halogens is 1. The summed E-state index contributed by atoms with van der Waals surface area (Å²) in [5.41, 5.74) is 0.593. The summed E-state index contributed by atoms with van der Waals surface area (Å²) in [6.45, 7) is 2.73. The van der Waals surface area contributed by atoms with Crippen LogP contribution < -0.4 is 4.74 Å². The van der Waals surface area contributed by atoms with Crippen LogP contribution in [0.2, 0.25) is 0 Å². The average molecular weight is 290 g/mol. The van der Waals surface area contributed by atoms with E-state index in [0.29, 0.717) is 42.0 Å². The van der Waals surface area contributed by atoms with Crippen LogP contribution in [0.4, 0.5) is 4.39 Å². The lowest BCUT2D eigenvalue weighted by Gasteiger charge is -2.26. The Labute approximate surface area is 123 Å². The van der Waals surface area contributed by atoms with Crippen LogP contribution >= 0.6 is 0 Å². The van der Waals surface area contributed by atoms with Crippen LogP contribution in [0.3, 0.4) is 0 Å². The third-order valence-corrected chi connectivity index (χ3v) is 4.15. The summed E-state index contributed by atoms with van der Waals surface area (Å²) < 4.78 is 21.1. The molecule has 1 aromatic carbocycles. The third-order valence-electron chi connectivity index (χ3n) is 4.15. The molecule has 21 heavy (non-hydrogen) atoms. The standard InChI is InChI=1S/C16H19FN2O2/c1-3-9-19-15(14(21-2)10-18-19)16(20)8-7-11-12(16)5-4-6-13(11)17/h4-6,10,20H,3,7-9H2,1-2H3. The Morgan fingerprint density at radius 3 is 3.00 bits per heavy atom. The van der Waals surface area contributed by atoms with E-state index >= 15 is 0 Å². The van der Waals surface area contributed by atoms with Gasteiger partial charge in [-0.05, 0) is 36.5 Å². The minimum absolute atomic E-state index is 0.260. The van der Waals surface area contributed by atoms with Crippen molar-refractivity contribution < 1.29 is 14.2 Å². The minimum atomic E-state index is -1.24. The van der Waals surface area contributed by atoms with E-state index in [2.05, 4.69) is 5.10 Å². The average Bonchev–Trinajstić information content (AvgIpc) is 3.03. The zero-order valence-electron chi connectivity index (χ0n) is 12.3. The molecule has 4 nitrogen and oxygen atoms in total. The van der Waals surface area contributed by atoms with Crippen molar-refractivity contribution in [2.24, 2.45) is 0 Å². The number of aromatic nitrogens is 2. The number of ether oxygens (including phenoxy) is 1. The Hall–Kier alpha value is -1.88. The lowest BCUT2D eigenvalue weighted by Crippen LogP contribution is -2.28. The number of fused-ring (bicyclic) bond motifs is 1. The van der Waals surface area contributed by atoms with Crippen molar-refractivity contribution in [3.8, 4) is 5.75 Å².